The first-order chi connectivity index (χ1) is 9.55. The van der Waals surface area contributed by atoms with Crippen molar-refractivity contribution in [2.24, 2.45) is 5.41 Å². The number of aliphatic hydroxyl groups is 1. The van der Waals surface area contributed by atoms with Gasteiger partial charge in [0.2, 0.25) is 0 Å². The maximum Gasteiger partial charge on any atom is 0.0897 e. The van der Waals surface area contributed by atoms with E-state index in [4.69, 9.17) is 4.74 Å². The minimum atomic E-state index is -0.412. The third-order valence-electron chi connectivity index (χ3n) is 4.12. The second-order valence-corrected chi connectivity index (χ2v) is 7.63. The van der Waals surface area contributed by atoms with Crippen LogP contribution in [0.4, 0.5) is 0 Å². The summed E-state index contributed by atoms with van der Waals surface area (Å²) in [4.78, 5) is 1.21. The molecular weight excluding hydrogens is 270 g/mol. The Morgan fingerprint density at radius 3 is 2.85 bits per heavy atom. The van der Waals surface area contributed by atoms with E-state index in [0.717, 1.165) is 0 Å². The molecular formula is C16H27NO2S. The van der Waals surface area contributed by atoms with Gasteiger partial charge in [-0.2, -0.15) is 0 Å². The Hall–Kier alpha value is -0.420. The molecule has 3 nitrogen and oxygen atoms in total. The smallest absolute Gasteiger partial charge is 0.0897 e. The second kappa shape index (κ2) is 7.55. The van der Waals surface area contributed by atoms with E-state index in [0.29, 0.717) is 31.2 Å². The first kappa shape index (κ1) is 16.0. The van der Waals surface area contributed by atoms with E-state index in [1.807, 2.05) is 11.4 Å². The molecule has 1 aliphatic rings. The highest BCUT2D eigenvalue weighted by Gasteiger charge is 2.26. The summed E-state index contributed by atoms with van der Waals surface area (Å²) in [6.07, 6.45) is 4.57. The Morgan fingerprint density at radius 1 is 1.45 bits per heavy atom. The topological polar surface area (TPSA) is 41.5 Å². The normalized spacial score (nSPS) is 20.9. The van der Waals surface area contributed by atoms with Crippen LogP contribution in [-0.2, 0) is 11.3 Å². The predicted octanol–water partition coefficient (Wildman–Crippen LogP) is 3.18. The molecule has 0 saturated heterocycles. The summed E-state index contributed by atoms with van der Waals surface area (Å²) in [6.45, 7) is 6.33. The molecule has 1 aromatic rings. The summed E-state index contributed by atoms with van der Waals surface area (Å²) in [6, 6.07) is 4.64. The van der Waals surface area contributed by atoms with Crippen molar-refractivity contribution in [2.45, 2.75) is 58.3 Å². The van der Waals surface area contributed by atoms with E-state index in [1.54, 1.807) is 11.3 Å². The number of hydrogen-bond acceptors (Lipinski definition) is 4. The van der Waals surface area contributed by atoms with Gasteiger partial charge >= 0.3 is 0 Å². The van der Waals surface area contributed by atoms with Crippen LogP contribution in [0.15, 0.2) is 17.5 Å². The van der Waals surface area contributed by atoms with Crippen LogP contribution < -0.4 is 5.32 Å². The van der Waals surface area contributed by atoms with Crippen molar-refractivity contribution in [3.63, 3.8) is 0 Å². The molecule has 0 aliphatic heterocycles. The predicted molar refractivity (Wildman–Crippen MR) is 84.0 cm³/mol. The Bertz CT molecular complexity index is 368. The molecule has 1 atom stereocenters. The largest absolute Gasteiger partial charge is 0.389 e. The van der Waals surface area contributed by atoms with E-state index in [1.165, 1.54) is 30.6 Å². The number of ether oxygens (including phenoxy) is 1. The average Bonchev–Trinajstić information content (AvgIpc) is 2.91. The molecule has 1 aliphatic carbocycles. The molecule has 1 heterocycles. The first-order valence-electron chi connectivity index (χ1n) is 7.57. The molecule has 2 rings (SSSR count). The SMILES string of the molecule is CC1(C)CCC(NCC(O)COCc2cccs2)CC1. The van der Waals surface area contributed by atoms with Crippen LogP contribution in [0.25, 0.3) is 0 Å². The number of hydrogen-bond donors (Lipinski definition) is 2. The van der Waals surface area contributed by atoms with Crippen LogP contribution in [0.1, 0.15) is 44.4 Å². The lowest BCUT2D eigenvalue weighted by molar-refractivity contribution is 0.0272. The molecule has 20 heavy (non-hydrogen) atoms. The molecule has 0 radical (unpaired) electrons. The van der Waals surface area contributed by atoms with Gasteiger partial charge in [-0.05, 0) is 42.5 Å². The first-order valence-corrected chi connectivity index (χ1v) is 8.45. The fourth-order valence-electron chi connectivity index (χ4n) is 2.66. The zero-order valence-corrected chi connectivity index (χ0v) is 13.4. The van der Waals surface area contributed by atoms with Gasteiger partial charge in [0.05, 0.1) is 19.3 Å². The lowest BCUT2D eigenvalue weighted by Crippen LogP contribution is -2.40. The quantitative estimate of drug-likeness (QED) is 0.812. The number of rotatable bonds is 7. The van der Waals surface area contributed by atoms with Crippen molar-refractivity contribution in [1.82, 2.24) is 5.32 Å². The summed E-state index contributed by atoms with van der Waals surface area (Å²) in [7, 11) is 0. The average molecular weight is 297 g/mol. The van der Waals surface area contributed by atoms with Crippen molar-refractivity contribution in [1.29, 1.82) is 0 Å². The highest BCUT2D eigenvalue weighted by molar-refractivity contribution is 7.09. The zero-order chi connectivity index (χ0) is 14.4. The van der Waals surface area contributed by atoms with Gasteiger partial charge < -0.3 is 15.2 Å². The zero-order valence-electron chi connectivity index (χ0n) is 12.6. The molecule has 4 heteroatoms. The van der Waals surface area contributed by atoms with Gasteiger partial charge in [-0.3, -0.25) is 0 Å². The molecule has 1 fully saturated rings. The summed E-state index contributed by atoms with van der Waals surface area (Å²) in [5.41, 5.74) is 0.501. The molecule has 114 valence electrons. The van der Waals surface area contributed by atoms with Crippen LogP contribution in [0, 0.1) is 5.41 Å². The Labute approximate surface area is 126 Å². The van der Waals surface area contributed by atoms with Crippen molar-refractivity contribution in [3.8, 4) is 0 Å². The maximum absolute atomic E-state index is 9.93. The summed E-state index contributed by atoms with van der Waals surface area (Å²) < 4.78 is 5.53. The maximum atomic E-state index is 9.93. The fraction of sp³-hybridized carbons (Fsp3) is 0.750. The minimum absolute atomic E-state index is 0.406. The van der Waals surface area contributed by atoms with E-state index >= 15 is 0 Å². The van der Waals surface area contributed by atoms with Crippen molar-refractivity contribution >= 4 is 11.3 Å². The highest BCUT2D eigenvalue weighted by Crippen LogP contribution is 2.34. The third-order valence-corrected chi connectivity index (χ3v) is 4.97. The lowest BCUT2D eigenvalue weighted by atomic mass is 9.75. The molecule has 2 N–H and O–H groups in total. The van der Waals surface area contributed by atoms with Gasteiger partial charge in [-0.25, -0.2) is 0 Å². The van der Waals surface area contributed by atoms with Crippen LogP contribution in [0.2, 0.25) is 0 Å². The van der Waals surface area contributed by atoms with E-state index in [-0.39, 0.29) is 0 Å². The van der Waals surface area contributed by atoms with E-state index < -0.39 is 6.10 Å². The Balaban J connectivity index is 1.55. The molecule has 0 spiro atoms. The lowest BCUT2D eigenvalue weighted by Gasteiger charge is -2.35. The van der Waals surface area contributed by atoms with Crippen molar-refractivity contribution in [2.75, 3.05) is 13.2 Å². The minimum Gasteiger partial charge on any atom is -0.389 e. The standard InChI is InChI=1S/C16H27NO2S/c1-16(2)7-5-13(6-8-16)17-10-14(18)11-19-12-15-4-3-9-20-15/h3-4,9,13-14,17-18H,5-8,10-12H2,1-2H3. The molecule has 0 aromatic carbocycles. The molecule has 0 bridgehead atoms. The van der Waals surface area contributed by atoms with Gasteiger partial charge in [0.25, 0.3) is 0 Å². The van der Waals surface area contributed by atoms with Gasteiger partial charge in [-0.1, -0.05) is 19.9 Å². The van der Waals surface area contributed by atoms with Crippen LogP contribution in [0.3, 0.4) is 0 Å². The monoisotopic (exact) mass is 297 g/mol. The Morgan fingerprint density at radius 2 is 2.20 bits per heavy atom. The number of thiophene rings is 1. The number of aliphatic hydroxyl groups excluding tert-OH is 1. The van der Waals surface area contributed by atoms with E-state index in [9.17, 15) is 5.11 Å². The number of nitrogens with one attached hydrogen (secondary N) is 1. The second-order valence-electron chi connectivity index (χ2n) is 6.60. The van der Waals surface area contributed by atoms with Gasteiger partial charge in [0, 0.05) is 17.5 Å². The van der Waals surface area contributed by atoms with Crippen LogP contribution in [-0.4, -0.2) is 30.4 Å². The summed E-state index contributed by atoms with van der Waals surface area (Å²) >= 11 is 1.69. The highest BCUT2D eigenvalue weighted by atomic mass is 32.1. The van der Waals surface area contributed by atoms with Crippen LogP contribution >= 0.6 is 11.3 Å². The summed E-state index contributed by atoms with van der Waals surface area (Å²) in [5, 5.41) is 15.4. The van der Waals surface area contributed by atoms with E-state index in [2.05, 4.69) is 25.2 Å². The Kier molecular flexibility index (Phi) is 6.02. The summed E-state index contributed by atoms with van der Waals surface area (Å²) in [5.74, 6) is 0. The molecule has 1 unspecified atom stereocenters. The third kappa shape index (κ3) is 5.52. The molecule has 1 saturated carbocycles. The van der Waals surface area contributed by atoms with Gasteiger partial charge in [0.15, 0.2) is 0 Å². The van der Waals surface area contributed by atoms with Gasteiger partial charge in [-0.15, -0.1) is 11.3 Å². The molecule has 0 amide bonds. The fourth-order valence-corrected chi connectivity index (χ4v) is 3.30. The van der Waals surface area contributed by atoms with Gasteiger partial charge in [0.1, 0.15) is 0 Å². The molecule has 1 aromatic heterocycles. The van der Waals surface area contributed by atoms with Crippen LogP contribution in [0.5, 0.6) is 0 Å². The van der Waals surface area contributed by atoms with Crippen molar-refractivity contribution in [3.05, 3.63) is 22.4 Å². The van der Waals surface area contributed by atoms with Crippen molar-refractivity contribution < 1.29 is 9.84 Å².